The second-order valence-corrected chi connectivity index (χ2v) is 4.78. The van der Waals surface area contributed by atoms with Gasteiger partial charge in [0, 0.05) is 17.2 Å². The summed E-state index contributed by atoms with van der Waals surface area (Å²) in [6.45, 7) is 0.00520. The molecule has 114 valence electrons. The standard InChI is InChI=1S/C15H12ClNO5/c1-21-14-6-5-12(17(19)20)8-13(14)15(18)22-9-10-3-2-4-11(16)7-10/h2-8H,9H2,1H3. The van der Waals surface area contributed by atoms with Crippen molar-refractivity contribution in [3.8, 4) is 5.75 Å². The minimum absolute atomic E-state index is 0.00118. The van der Waals surface area contributed by atoms with Gasteiger partial charge in [0.05, 0.1) is 12.0 Å². The summed E-state index contributed by atoms with van der Waals surface area (Å²) in [6, 6.07) is 10.6. The molecule has 2 aromatic carbocycles. The van der Waals surface area contributed by atoms with Gasteiger partial charge >= 0.3 is 5.97 Å². The number of benzene rings is 2. The first-order valence-corrected chi connectivity index (χ1v) is 6.63. The highest BCUT2D eigenvalue weighted by Crippen LogP contribution is 2.25. The van der Waals surface area contributed by atoms with Crippen LogP contribution in [0.3, 0.4) is 0 Å². The largest absolute Gasteiger partial charge is 0.496 e. The van der Waals surface area contributed by atoms with Crippen molar-refractivity contribution in [3.63, 3.8) is 0 Å². The molecule has 2 rings (SSSR count). The van der Waals surface area contributed by atoms with E-state index in [0.717, 1.165) is 6.07 Å². The summed E-state index contributed by atoms with van der Waals surface area (Å²) in [5.74, 6) is -0.498. The summed E-state index contributed by atoms with van der Waals surface area (Å²) in [5.41, 5.74) is 0.500. The molecule has 0 amide bonds. The van der Waals surface area contributed by atoms with E-state index in [0.29, 0.717) is 10.6 Å². The van der Waals surface area contributed by atoms with Gasteiger partial charge in [0.1, 0.15) is 17.9 Å². The molecule has 0 atom stereocenters. The smallest absolute Gasteiger partial charge is 0.342 e. The van der Waals surface area contributed by atoms with E-state index < -0.39 is 10.9 Å². The van der Waals surface area contributed by atoms with Crippen LogP contribution in [0.4, 0.5) is 5.69 Å². The number of rotatable bonds is 5. The fourth-order valence-electron chi connectivity index (χ4n) is 1.82. The minimum atomic E-state index is -0.708. The highest BCUT2D eigenvalue weighted by atomic mass is 35.5. The van der Waals surface area contributed by atoms with E-state index >= 15 is 0 Å². The molecule has 0 aliphatic carbocycles. The van der Waals surface area contributed by atoms with Crippen LogP contribution in [0, 0.1) is 10.1 Å². The molecule has 0 spiro atoms. The Kier molecular flexibility index (Phi) is 4.95. The SMILES string of the molecule is COc1ccc([N+](=O)[O-])cc1C(=O)OCc1cccc(Cl)c1. The Labute approximate surface area is 131 Å². The number of carbonyl (C=O) groups is 1. The zero-order chi connectivity index (χ0) is 16.1. The number of hydrogen-bond donors (Lipinski definition) is 0. The van der Waals surface area contributed by atoms with Gasteiger partial charge in [-0.2, -0.15) is 0 Å². The fraction of sp³-hybridized carbons (Fsp3) is 0.133. The lowest BCUT2D eigenvalue weighted by Crippen LogP contribution is -2.08. The predicted molar refractivity (Wildman–Crippen MR) is 80.2 cm³/mol. The number of halogens is 1. The van der Waals surface area contributed by atoms with Gasteiger partial charge in [0.2, 0.25) is 0 Å². The molecule has 2 aromatic rings. The third-order valence-electron chi connectivity index (χ3n) is 2.87. The minimum Gasteiger partial charge on any atom is -0.496 e. The van der Waals surface area contributed by atoms with Crippen molar-refractivity contribution >= 4 is 23.3 Å². The topological polar surface area (TPSA) is 78.7 Å². The Morgan fingerprint density at radius 3 is 2.68 bits per heavy atom. The van der Waals surface area contributed by atoms with Crippen molar-refractivity contribution in [2.45, 2.75) is 6.61 Å². The van der Waals surface area contributed by atoms with Crippen LogP contribution in [0.1, 0.15) is 15.9 Å². The quantitative estimate of drug-likeness (QED) is 0.477. The average molecular weight is 322 g/mol. The summed E-state index contributed by atoms with van der Waals surface area (Å²) in [7, 11) is 1.37. The Morgan fingerprint density at radius 2 is 2.05 bits per heavy atom. The third kappa shape index (κ3) is 3.73. The molecule has 0 aromatic heterocycles. The van der Waals surface area contributed by atoms with Crippen molar-refractivity contribution in [2.24, 2.45) is 0 Å². The van der Waals surface area contributed by atoms with Crippen molar-refractivity contribution < 1.29 is 19.2 Å². The van der Waals surface area contributed by atoms with Crippen LogP contribution in [-0.4, -0.2) is 18.0 Å². The van der Waals surface area contributed by atoms with Crippen LogP contribution < -0.4 is 4.74 Å². The summed E-state index contributed by atoms with van der Waals surface area (Å²) >= 11 is 5.85. The van der Waals surface area contributed by atoms with E-state index in [4.69, 9.17) is 21.1 Å². The maximum atomic E-state index is 12.1. The van der Waals surface area contributed by atoms with Gasteiger partial charge in [-0.1, -0.05) is 23.7 Å². The number of nitro benzene ring substituents is 1. The number of methoxy groups -OCH3 is 1. The van der Waals surface area contributed by atoms with Crippen LogP contribution in [-0.2, 0) is 11.3 Å². The fourth-order valence-corrected chi connectivity index (χ4v) is 2.04. The first-order chi connectivity index (χ1) is 10.5. The van der Waals surface area contributed by atoms with Gasteiger partial charge < -0.3 is 9.47 Å². The second kappa shape index (κ2) is 6.91. The van der Waals surface area contributed by atoms with Gasteiger partial charge in [-0.05, 0) is 23.8 Å². The number of nitro groups is 1. The molecule has 0 saturated carbocycles. The molecule has 0 unspecified atom stereocenters. The predicted octanol–water partition coefficient (Wildman–Crippen LogP) is 3.61. The lowest BCUT2D eigenvalue weighted by Gasteiger charge is -2.09. The van der Waals surface area contributed by atoms with Crippen molar-refractivity contribution in [1.29, 1.82) is 0 Å². The van der Waals surface area contributed by atoms with E-state index in [1.807, 2.05) is 0 Å². The molecular weight excluding hydrogens is 310 g/mol. The monoisotopic (exact) mass is 321 g/mol. The maximum Gasteiger partial charge on any atom is 0.342 e. The summed E-state index contributed by atoms with van der Waals surface area (Å²) in [4.78, 5) is 22.3. The Bertz CT molecular complexity index is 717. The lowest BCUT2D eigenvalue weighted by molar-refractivity contribution is -0.384. The van der Waals surface area contributed by atoms with Gasteiger partial charge in [-0.3, -0.25) is 10.1 Å². The van der Waals surface area contributed by atoms with E-state index in [-0.39, 0.29) is 23.6 Å². The van der Waals surface area contributed by atoms with Crippen LogP contribution in [0.5, 0.6) is 5.75 Å². The number of non-ortho nitro benzene ring substituents is 1. The zero-order valence-corrected chi connectivity index (χ0v) is 12.4. The first-order valence-electron chi connectivity index (χ1n) is 6.25. The molecule has 22 heavy (non-hydrogen) atoms. The molecule has 0 radical (unpaired) electrons. The Morgan fingerprint density at radius 1 is 1.27 bits per heavy atom. The number of esters is 1. The summed E-state index contributed by atoms with van der Waals surface area (Å²) < 4.78 is 10.2. The molecule has 0 fully saturated rings. The van der Waals surface area contributed by atoms with Gasteiger partial charge in [-0.25, -0.2) is 4.79 Å². The number of carbonyl (C=O) groups excluding carboxylic acids is 1. The number of hydrogen-bond acceptors (Lipinski definition) is 5. The summed E-state index contributed by atoms with van der Waals surface area (Å²) in [6.07, 6.45) is 0. The van der Waals surface area contributed by atoms with Crippen molar-refractivity contribution in [2.75, 3.05) is 7.11 Å². The molecular formula is C15H12ClNO5. The van der Waals surface area contributed by atoms with E-state index in [2.05, 4.69) is 0 Å². The van der Waals surface area contributed by atoms with E-state index in [9.17, 15) is 14.9 Å². The maximum absolute atomic E-state index is 12.1. The number of ether oxygens (including phenoxy) is 2. The van der Waals surface area contributed by atoms with Crippen molar-refractivity contribution in [3.05, 3.63) is 68.7 Å². The normalized spacial score (nSPS) is 10.1. The highest BCUT2D eigenvalue weighted by molar-refractivity contribution is 6.30. The third-order valence-corrected chi connectivity index (χ3v) is 3.11. The molecule has 7 heteroatoms. The van der Waals surface area contributed by atoms with Crippen LogP contribution in [0.2, 0.25) is 5.02 Å². The number of nitrogens with zero attached hydrogens (tertiary/aromatic N) is 1. The Hall–Kier alpha value is -2.60. The molecule has 0 bridgehead atoms. The van der Waals surface area contributed by atoms with E-state index in [1.165, 1.54) is 19.2 Å². The van der Waals surface area contributed by atoms with E-state index in [1.54, 1.807) is 24.3 Å². The highest BCUT2D eigenvalue weighted by Gasteiger charge is 2.18. The Balaban J connectivity index is 2.18. The van der Waals surface area contributed by atoms with Crippen LogP contribution in [0.15, 0.2) is 42.5 Å². The molecule has 0 heterocycles. The molecule has 0 N–H and O–H groups in total. The summed E-state index contributed by atoms with van der Waals surface area (Å²) in [5, 5.41) is 11.3. The van der Waals surface area contributed by atoms with Gasteiger partial charge in [0.15, 0.2) is 0 Å². The molecule has 6 nitrogen and oxygen atoms in total. The molecule has 0 saturated heterocycles. The molecule has 0 aliphatic rings. The lowest BCUT2D eigenvalue weighted by atomic mass is 10.1. The van der Waals surface area contributed by atoms with Crippen molar-refractivity contribution in [1.82, 2.24) is 0 Å². The van der Waals surface area contributed by atoms with Crippen LogP contribution >= 0.6 is 11.6 Å². The zero-order valence-electron chi connectivity index (χ0n) is 11.6. The molecule has 0 aliphatic heterocycles. The van der Waals surface area contributed by atoms with Gasteiger partial charge in [0.25, 0.3) is 5.69 Å². The second-order valence-electron chi connectivity index (χ2n) is 4.35. The first kappa shape index (κ1) is 15.8. The average Bonchev–Trinajstić information content (AvgIpc) is 2.52. The van der Waals surface area contributed by atoms with Crippen LogP contribution in [0.25, 0.3) is 0 Å². The van der Waals surface area contributed by atoms with Gasteiger partial charge in [-0.15, -0.1) is 0 Å².